The highest BCUT2D eigenvalue weighted by Gasteiger charge is 2.21. The Morgan fingerprint density at radius 1 is 1.45 bits per heavy atom. The molecule has 0 bridgehead atoms. The fourth-order valence-electron chi connectivity index (χ4n) is 2.41. The maximum Gasteiger partial charge on any atom is 0.270 e. The number of hydrogen-bond acceptors (Lipinski definition) is 3. The molecule has 2 aromatic rings. The first-order valence-corrected chi connectivity index (χ1v) is 6.75. The van der Waals surface area contributed by atoms with Gasteiger partial charge in [-0.05, 0) is 38.1 Å². The van der Waals surface area contributed by atoms with Gasteiger partial charge in [-0.3, -0.25) is 4.79 Å². The summed E-state index contributed by atoms with van der Waals surface area (Å²) in [7, 11) is 1.64. The van der Waals surface area contributed by atoms with Gasteiger partial charge in [-0.15, -0.1) is 0 Å². The lowest BCUT2D eigenvalue weighted by molar-refractivity contribution is 0.0574. The van der Waals surface area contributed by atoms with Crippen LogP contribution in [0.4, 0.5) is 5.69 Å². The minimum absolute atomic E-state index is 0.0215. The predicted octanol–water partition coefficient (Wildman–Crippen LogP) is 2.25. The number of amides is 1. The average Bonchev–Trinajstić information content (AvgIpc) is 2.82. The Morgan fingerprint density at radius 2 is 2.20 bits per heavy atom. The number of aromatic amines is 1. The number of aromatic nitrogens is 1. The van der Waals surface area contributed by atoms with Crippen molar-refractivity contribution in [2.75, 3.05) is 26.0 Å². The van der Waals surface area contributed by atoms with Crippen LogP contribution < -0.4 is 5.73 Å². The molecule has 1 aromatic heterocycles. The number of nitrogens with one attached hydrogen (secondary N) is 1. The molecule has 0 fully saturated rings. The Morgan fingerprint density at radius 3 is 2.85 bits per heavy atom. The van der Waals surface area contributed by atoms with Crippen molar-refractivity contribution >= 4 is 22.5 Å². The molecular formula is C15H21N3O2. The molecule has 1 unspecified atom stereocenters. The molecule has 108 valence electrons. The third-order valence-electron chi connectivity index (χ3n) is 3.42. The Kier molecular flexibility index (Phi) is 4.29. The quantitative estimate of drug-likeness (QED) is 0.822. The molecule has 1 aromatic carbocycles. The number of H-pyrrole nitrogens is 1. The highest BCUT2D eigenvalue weighted by Crippen LogP contribution is 2.20. The number of nitrogen functional groups attached to an aromatic ring is 1. The molecule has 5 heteroatoms. The average molecular weight is 275 g/mol. The van der Waals surface area contributed by atoms with Crippen LogP contribution in [0.15, 0.2) is 24.3 Å². The first-order valence-electron chi connectivity index (χ1n) is 6.75. The van der Waals surface area contributed by atoms with Crippen molar-refractivity contribution in [1.29, 1.82) is 0 Å². The van der Waals surface area contributed by atoms with Gasteiger partial charge in [0, 0.05) is 30.2 Å². The topological polar surface area (TPSA) is 71.3 Å². The van der Waals surface area contributed by atoms with Gasteiger partial charge in [0.1, 0.15) is 5.69 Å². The second-order valence-corrected chi connectivity index (χ2v) is 4.93. The number of likely N-dealkylation sites (N-methyl/N-ethyl adjacent to an activating group) is 1. The van der Waals surface area contributed by atoms with E-state index in [9.17, 15) is 4.79 Å². The number of fused-ring (bicyclic) bond motifs is 1. The summed E-state index contributed by atoms with van der Waals surface area (Å²) in [6.07, 6.45) is 0. The van der Waals surface area contributed by atoms with E-state index in [0.29, 0.717) is 24.5 Å². The van der Waals surface area contributed by atoms with E-state index in [1.807, 2.05) is 38.1 Å². The number of benzene rings is 1. The normalized spacial score (nSPS) is 12.6. The van der Waals surface area contributed by atoms with Crippen LogP contribution in [-0.4, -0.2) is 42.1 Å². The summed E-state index contributed by atoms with van der Waals surface area (Å²) in [6.45, 7) is 5.10. The van der Waals surface area contributed by atoms with Crippen molar-refractivity contribution in [3.8, 4) is 0 Å². The number of hydrogen-bond donors (Lipinski definition) is 2. The third-order valence-corrected chi connectivity index (χ3v) is 3.42. The lowest BCUT2D eigenvalue weighted by atomic mass is 10.2. The van der Waals surface area contributed by atoms with E-state index < -0.39 is 0 Å². The third kappa shape index (κ3) is 2.77. The molecule has 0 saturated heterocycles. The Hall–Kier alpha value is -2.01. The Labute approximate surface area is 118 Å². The number of carbonyl (C=O) groups is 1. The van der Waals surface area contributed by atoms with Crippen LogP contribution in [0.3, 0.4) is 0 Å². The number of rotatable bonds is 5. The molecule has 1 amide bonds. The van der Waals surface area contributed by atoms with E-state index in [4.69, 9.17) is 10.5 Å². The van der Waals surface area contributed by atoms with Crippen LogP contribution in [-0.2, 0) is 4.74 Å². The maximum atomic E-state index is 12.6. The molecule has 20 heavy (non-hydrogen) atoms. The van der Waals surface area contributed by atoms with E-state index >= 15 is 0 Å². The van der Waals surface area contributed by atoms with Crippen molar-refractivity contribution in [1.82, 2.24) is 9.88 Å². The summed E-state index contributed by atoms with van der Waals surface area (Å²) in [4.78, 5) is 17.5. The number of anilines is 1. The molecule has 3 N–H and O–H groups in total. The van der Waals surface area contributed by atoms with Crippen LogP contribution in [0, 0.1) is 0 Å². The standard InChI is InChI=1S/C15H21N3O2/c1-4-18(10(2)9-20-3)15(19)14-8-11-7-12(16)5-6-13(11)17-14/h5-8,10,17H,4,9,16H2,1-3H3. The fraction of sp³-hybridized carbons (Fsp3) is 0.400. The van der Waals surface area contributed by atoms with Crippen molar-refractivity contribution in [3.05, 3.63) is 30.0 Å². The SMILES string of the molecule is CCN(C(=O)c1cc2cc(N)ccc2[nH]1)C(C)COC. The summed E-state index contributed by atoms with van der Waals surface area (Å²) in [5, 5.41) is 0.948. The van der Waals surface area contributed by atoms with Gasteiger partial charge in [0.25, 0.3) is 5.91 Å². The lowest BCUT2D eigenvalue weighted by Gasteiger charge is -2.27. The number of ether oxygens (including phenoxy) is 1. The van der Waals surface area contributed by atoms with Gasteiger partial charge in [-0.25, -0.2) is 0 Å². The van der Waals surface area contributed by atoms with Gasteiger partial charge in [0.2, 0.25) is 0 Å². The maximum absolute atomic E-state index is 12.6. The summed E-state index contributed by atoms with van der Waals surface area (Å²) in [6, 6.07) is 7.44. The minimum Gasteiger partial charge on any atom is -0.399 e. The molecule has 2 rings (SSSR count). The second-order valence-electron chi connectivity index (χ2n) is 4.93. The molecule has 0 spiro atoms. The van der Waals surface area contributed by atoms with Crippen LogP contribution >= 0.6 is 0 Å². The molecule has 0 aliphatic carbocycles. The highest BCUT2D eigenvalue weighted by molar-refractivity contribution is 5.98. The van der Waals surface area contributed by atoms with E-state index in [1.54, 1.807) is 12.0 Å². The summed E-state index contributed by atoms with van der Waals surface area (Å²) >= 11 is 0. The van der Waals surface area contributed by atoms with Gasteiger partial charge in [0.15, 0.2) is 0 Å². The van der Waals surface area contributed by atoms with Crippen LogP contribution in [0.1, 0.15) is 24.3 Å². The van der Waals surface area contributed by atoms with Crippen molar-refractivity contribution in [2.24, 2.45) is 0 Å². The van der Waals surface area contributed by atoms with Crippen LogP contribution in [0.5, 0.6) is 0 Å². The molecule has 5 nitrogen and oxygen atoms in total. The molecular weight excluding hydrogens is 254 g/mol. The number of nitrogens with two attached hydrogens (primary N) is 1. The van der Waals surface area contributed by atoms with Crippen molar-refractivity contribution < 1.29 is 9.53 Å². The predicted molar refractivity (Wildman–Crippen MR) is 80.8 cm³/mol. The van der Waals surface area contributed by atoms with Gasteiger partial charge < -0.3 is 20.4 Å². The molecule has 1 atom stereocenters. The zero-order valence-corrected chi connectivity index (χ0v) is 12.1. The van der Waals surface area contributed by atoms with Gasteiger partial charge >= 0.3 is 0 Å². The van der Waals surface area contributed by atoms with Crippen molar-refractivity contribution in [2.45, 2.75) is 19.9 Å². The van der Waals surface area contributed by atoms with E-state index in [1.165, 1.54) is 0 Å². The van der Waals surface area contributed by atoms with Gasteiger partial charge in [-0.1, -0.05) is 0 Å². The van der Waals surface area contributed by atoms with Crippen LogP contribution in [0.2, 0.25) is 0 Å². The number of nitrogens with zero attached hydrogens (tertiary/aromatic N) is 1. The van der Waals surface area contributed by atoms with E-state index in [2.05, 4.69) is 4.98 Å². The van der Waals surface area contributed by atoms with Crippen molar-refractivity contribution in [3.63, 3.8) is 0 Å². The zero-order valence-electron chi connectivity index (χ0n) is 12.1. The fourth-order valence-corrected chi connectivity index (χ4v) is 2.41. The molecule has 0 radical (unpaired) electrons. The highest BCUT2D eigenvalue weighted by atomic mass is 16.5. The first-order chi connectivity index (χ1) is 9.56. The van der Waals surface area contributed by atoms with E-state index in [0.717, 1.165) is 10.9 Å². The largest absolute Gasteiger partial charge is 0.399 e. The second kappa shape index (κ2) is 5.96. The summed E-state index contributed by atoms with van der Waals surface area (Å²) in [5.41, 5.74) is 7.94. The van der Waals surface area contributed by atoms with Gasteiger partial charge in [-0.2, -0.15) is 0 Å². The number of carbonyl (C=O) groups excluding carboxylic acids is 1. The zero-order chi connectivity index (χ0) is 14.7. The first kappa shape index (κ1) is 14.4. The molecule has 1 heterocycles. The smallest absolute Gasteiger partial charge is 0.270 e. The summed E-state index contributed by atoms with van der Waals surface area (Å²) < 4.78 is 5.13. The molecule has 0 aliphatic heterocycles. The van der Waals surface area contributed by atoms with E-state index in [-0.39, 0.29) is 11.9 Å². The monoisotopic (exact) mass is 275 g/mol. The lowest BCUT2D eigenvalue weighted by Crippen LogP contribution is -2.41. The van der Waals surface area contributed by atoms with Crippen LogP contribution in [0.25, 0.3) is 10.9 Å². The Balaban J connectivity index is 2.29. The molecule has 0 saturated carbocycles. The summed E-state index contributed by atoms with van der Waals surface area (Å²) in [5.74, 6) is -0.0215. The van der Waals surface area contributed by atoms with Gasteiger partial charge in [0.05, 0.1) is 12.6 Å². The minimum atomic E-state index is -0.0215. The number of methoxy groups -OCH3 is 1. The Bertz CT molecular complexity index is 606. The molecule has 0 aliphatic rings.